The quantitative estimate of drug-likeness (QED) is 0.303. The molecule has 1 aliphatic heterocycles. The molecule has 12 nitrogen and oxygen atoms in total. The Balaban J connectivity index is 0.000000604. The van der Waals surface area contributed by atoms with Gasteiger partial charge in [0.15, 0.2) is 11.5 Å². The molecule has 1 saturated heterocycles. The van der Waals surface area contributed by atoms with Gasteiger partial charge in [0.05, 0.1) is 19.1 Å². The van der Waals surface area contributed by atoms with E-state index in [1.54, 1.807) is 12.1 Å². The molecule has 0 atom stereocenters. The van der Waals surface area contributed by atoms with Crippen LogP contribution < -0.4 is 9.47 Å². The minimum absolute atomic E-state index is 0.00280. The molecule has 0 unspecified atom stereocenters. The third kappa shape index (κ3) is 7.32. The number of carboxylic acid groups (broad SMARTS) is 2. The largest absolute Gasteiger partial charge is 0.502 e. The van der Waals surface area contributed by atoms with E-state index in [0.717, 1.165) is 37.3 Å². The topological polar surface area (TPSA) is 163 Å². The number of rotatable bonds is 7. The van der Waals surface area contributed by atoms with Crippen LogP contribution in [-0.2, 0) is 22.7 Å². The number of nitrogens with zero attached hydrogens (tertiary/aromatic N) is 3. The van der Waals surface area contributed by atoms with Gasteiger partial charge in [-0.15, -0.1) is 0 Å². The number of aliphatic carboxylic acids is 2. The Morgan fingerprint density at radius 2 is 1.41 bits per heavy atom. The summed E-state index contributed by atoms with van der Waals surface area (Å²) in [4.78, 5) is 33.6. The number of piperazine rings is 1. The van der Waals surface area contributed by atoms with Crippen molar-refractivity contribution in [3.8, 4) is 17.2 Å². The summed E-state index contributed by atoms with van der Waals surface area (Å²) < 4.78 is 10.4. The summed E-state index contributed by atoms with van der Waals surface area (Å²) in [5.41, 5.74) is 1.92. The van der Waals surface area contributed by atoms with Crippen molar-refractivity contribution >= 4 is 17.6 Å². The molecule has 34 heavy (non-hydrogen) atoms. The van der Waals surface area contributed by atoms with Gasteiger partial charge < -0.3 is 24.8 Å². The van der Waals surface area contributed by atoms with E-state index < -0.39 is 11.9 Å². The first kappa shape index (κ1) is 26.4. The predicted octanol–water partition coefficient (Wildman–Crippen LogP) is 1.79. The number of phenolic OH excluding ortho intramolecular Hbond substituents is 1. The average Bonchev–Trinajstić information content (AvgIpc) is 2.81. The van der Waals surface area contributed by atoms with Gasteiger partial charge in [-0.2, -0.15) is 0 Å². The van der Waals surface area contributed by atoms with Crippen molar-refractivity contribution in [2.45, 2.75) is 13.1 Å². The summed E-state index contributed by atoms with van der Waals surface area (Å²) in [5, 5.41) is 36.0. The second kappa shape index (κ2) is 12.4. The molecule has 2 aromatic rings. The van der Waals surface area contributed by atoms with Crippen molar-refractivity contribution in [3.63, 3.8) is 0 Å². The highest BCUT2D eigenvalue weighted by molar-refractivity contribution is 6.27. The SMILES string of the molecule is COc1cc(CN2CCN(Cc3ccccc3[N+](=O)[O-])CC2)cc(OC)c1O.O=C(O)C(=O)O. The number of carbonyl (C=O) groups is 2. The zero-order chi connectivity index (χ0) is 25.3. The molecule has 1 fully saturated rings. The number of ether oxygens (including phenoxy) is 2. The van der Waals surface area contributed by atoms with Crippen molar-refractivity contribution in [3.05, 3.63) is 57.6 Å². The van der Waals surface area contributed by atoms with Gasteiger partial charge in [-0.05, 0) is 17.7 Å². The van der Waals surface area contributed by atoms with Gasteiger partial charge >= 0.3 is 11.9 Å². The standard InChI is InChI=1S/C20H25N3O5.C2H2O4/c1-27-18-11-15(12-19(28-2)20(18)24)13-21-7-9-22(10-8-21)14-16-5-3-4-6-17(16)23(25)26;3-1(4)2(5)6/h3-6,11-12,24H,7-10,13-14H2,1-2H3;(H,3,4)(H,5,6). The molecule has 0 radical (unpaired) electrons. The van der Waals surface area contributed by atoms with Crippen LogP contribution in [0.4, 0.5) is 5.69 Å². The summed E-state index contributed by atoms with van der Waals surface area (Å²) in [5.74, 6) is -2.86. The Hall–Kier alpha value is -3.90. The van der Waals surface area contributed by atoms with E-state index in [1.165, 1.54) is 14.2 Å². The van der Waals surface area contributed by atoms with E-state index in [2.05, 4.69) is 9.80 Å². The zero-order valence-corrected chi connectivity index (χ0v) is 18.8. The molecular formula is C22H27N3O9. The van der Waals surface area contributed by atoms with Crippen LogP contribution in [0.3, 0.4) is 0 Å². The van der Waals surface area contributed by atoms with Gasteiger partial charge in [-0.1, -0.05) is 18.2 Å². The van der Waals surface area contributed by atoms with Gasteiger partial charge in [-0.3, -0.25) is 19.9 Å². The van der Waals surface area contributed by atoms with Crippen LogP contribution >= 0.6 is 0 Å². The molecule has 3 rings (SSSR count). The number of hydrogen-bond donors (Lipinski definition) is 3. The van der Waals surface area contributed by atoms with Gasteiger partial charge in [-0.25, -0.2) is 9.59 Å². The van der Waals surface area contributed by atoms with Crippen molar-refractivity contribution in [2.24, 2.45) is 0 Å². The highest BCUT2D eigenvalue weighted by atomic mass is 16.6. The number of aromatic hydroxyl groups is 1. The predicted molar refractivity (Wildman–Crippen MR) is 120 cm³/mol. The first-order chi connectivity index (χ1) is 16.2. The number of methoxy groups -OCH3 is 2. The molecule has 0 aromatic heterocycles. The lowest BCUT2D eigenvalue weighted by Crippen LogP contribution is -2.45. The van der Waals surface area contributed by atoms with Crippen LogP contribution in [0.5, 0.6) is 17.2 Å². The third-order valence-corrected chi connectivity index (χ3v) is 5.18. The minimum atomic E-state index is -1.82. The van der Waals surface area contributed by atoms with Gasteiger partial charge in [0.2, 0.25) is 5.75 Å². The van der Waals surface area contributed by atoms with E-state index >= 15 is 0 Å². The first-order valence-electron chi connectivity index (χ1n) is 10.2. The Morgan fingerprint density at radius 1 is 0.941 bits per heavy atom. The average molecular weight is 477 g/mol. The van der Waals surface area contributed by atoms with Crippen LogP contribution in [0.2, 0.25) is 0 Å². The van der Waals surface area contributed by atoms with E-state index in [1.807, 2.05) is 24.3 Å². The molecule has 0 spiro atoms. The first-order valence-corrected chi connectivity index (χ1v) is 10.2. The number of phenols is 1. The van der Waals surface area contributed by atoms with Gasteiger partial charge in [0, 0.05) is 50.9 Å². The molecular weight excluding hydrogens is 450 g/mol. The normalized spacial score (nSPS) is 13.9. The monoisotopic (exact) mass is 477 g/mol. The van der Waals surface area contributed by atoms with Crippen molar-refractivity contribution in [1.82, 2.24) is 9.80 Å². The maximum Gasteiger partial charge on any atom is 0.414 e. The number of nitro groups is 1. The Labute approximate surface area is 195 Å². The molecule has 3 N–H and O–H groups in total. The van der Waals surface area contributed by atoms with Gasteiger partial charge in [0.25, 0.3) is 5.69 Å². The summed E-state index contributed by atoms with van der Waals surface area (Å²) in [6, 6.07) is 10.5. The van der Waals surface area contributed by atoms with Crippen LogP contribution in [0, 0.1) is 10.1 Å². The zero-order valence-electron chi connectivity index (χ0n) is 18.8. The Kier molecular flexibility index (Phi) is 9.59. The van der Waals surface area contributed by atoms with Crippen molar-refractivity contribution in [1.29, 1.82) is 0 Å². The fourth-order valence-electron chi connectivity index (χ4n) is 3.47. The lowest BCUT2D eigenvalue weighted by atomic mass is 10.1. The van der Waals surface area contributed by atoms with Gasteiger partial charge in [0.1, 0.15) is 0 Å². The fraction of sp³-hybridized carbons (Fsp3) is 0.364. The summed E-state index contributed by atoms with van der Waals surface area (Å²) in [6.45, 7) is 4.66. The van der Waals surface area contributed by atoms with Crippen LogP contribution in [0.1, 0.15) is 11.1 Å². The third-order valence-electron chi connectivity index (χ3n) is 5.18. The molecule has 1 aliphatic rings. The summed E-state index contributed by atoms with van der Waals surface area (Å²) in [6.07, 6.45) is 0. The van der Waals surface area contributed by atoms with Crippen LogP contribution in [-0.4, -0.2) is 82.4 Å². The maximum absolute atomic E-state index is 11.2. The molecule has 2 aromatic carbocycles. The maximum atomic E-state index is 11.2. The second-order valence-electron chi connectivity index (χ2n) is 7.40. The van der Waals surface area contributed by atoms with E-state index in [0.29, 0.717) is 24.6 Å². The number of hydrogen-bond acceptors (Lipinski definition) is 9. The number of nitro benzene ring substituents is 1. The molecule has 12 heteroatoms. The molecule has 0 saturated carbocycles. The highest BCUT2D eigenvalue weighted by Crippen LogP contribution is 2.37. The lowest BCUT2D eigenvalue weighted by molar-refractivity contribution is -0.385. The lowest BCUT2D eigenvalue weighted by Gasteiger charge is -2.34. The number of para-hydroxylation sites is 1. The van der Waals surface area contributed by atoms with E-state index in [4.69, 9.17) is 29.3 Å². The fourth-order valence-corrected chi connectivity index (χ4v) is 3.47. The van der Waals surface area contributed by atoms with Crippen molar-refractivity contribution < 1.29 is 39.3 Å². The van der Waals surface area contributed by atoms with Crippen LogP contribution in [0.15, 0.2) is 36.4 Å². The molecule has 1 heterocycles. The second-order valence-corrected chi connectivity index (χ2v) is 7.40. The molecule has 0 amide bonds. The highest BCUT2D eigenvalue weighted by Gasteiger charge is 2.21. The Bertz CT molecular complexity index is 983. The molecule has 184 valence electrons. The number of carboxylic acids is 2. The number of benzene rings is 2. The smallest absolute Gasteiger partial charge is 0.414 e. The van der Waals surface area contributed by atoms with Crippen LogP contribution in [0.25, 0.3) is 0 Å². The summed E-state index contributed by atoms with van der Waals surface area (Å²) in [7, 11) is 3.03. The molecule has 0 aliphatic carbocycles. The van der Waals surface area contributed by atoms with E-state index in [-0.39, 0.29) is 16.4 Å². The summed E-state index contributed by atoms with van der Waals surface area (Å²) >= 11 is 0. The minimum Gasteiger partial charge on any atom is -0.502 e. The Morgan fingerprint density at radius 3 is 1.85 bits per heavy atom. The van der Waals surface area contributed by atoms with Crippen molar-refractivity contribution in [2.75, 3.05) is 40.4 Å². The molecule has 0 bridgehead atoms. The van der Waals surface area contributed by atoms with E-state index in [9.17, 15) is 15.2 Å².